The van der Waals surface area contributed by atoms with Crippen molar-refractivity contribution in [2.75, 3.05) is 49.5 Å². The molecule has 4 aromatic rings. The van der Waals surface area contributed by atoms with E-state index < -0.39 is 6.04 Å². The van der Waals surface area contributed by atoms with Crippen LogP contribution in [0.25, 0.3) is 5.57 Å². The quantitative estimate of drug-likeness (QED) is 0.105. The zero-order valence-electron chi connectivity index (χ0n) is 34.8. The van der Waals surface area contributed by atoms with Crippen molar-refractivity contribution in [2.24, 2.45) is 12.0 Å². The lowest BCUT2D eigenvalue weighted by Crippen LogP contribution is -2.52. The summed E-state index contributed by atoms with van der Waals surface area (Å²) in [5.41, 5.74) is 8.35. The Bertz CT molecular complexity index is 2250. The molecule has 0 bridgehead atoms. The monoisotopic (exact) mass is 797 g/mol. The van der Waals surface area contributed by atoms with Gasteiger partial charge in [0.05, 0.1) is 6.54 Å². The van der Waals surface area contributed by atoms with E-state index in [1.54, 1.807) is 11.1 Å². The summed E-state index contributed by atoms with van der Waals surface area (Å²) in [7, 11) is 1.99. The number of benzene rings is 3. The topological polar surface area (TPSA) is 137 Å². The van der Waals surface area contributed by atoms with Crippen molar-refractivity contribution >= 4 is 40.9 Å². The van der Waals surface area contributed by atoms with Gasteiger partial charge in [0.25, 0.3) is 5.91 Å². The number of carbonyl (C=O) groups is 3. The molecule has 4 heterocycles. The van der Waals surface area contributed by atoms with E-state index in [4.69, 9.17) is 4.74 Å². The number of piperidine rings is 1. The third kappa shape index (κ3) is 9.80. The summed E-state index contributed by atoms with van der Waals surface area (Å²) in [5.74, 6) is 1.91. The first-order valence-corrected chi connectivity index (χ1v) is 20.6. The summed E-state index contributed by atoms with van der Waals surface area (Å²) in [6, 6.07) is 22.3. The normalized spacial score (nSPS) is 18.4. The van der Waals surface area contributed by atoms with E-state index >= 15 is 0 Å². The minimum Gasteiger partial charge on any atom is -0.492 e. The van der Waals surface area contributed by atoms with Crippen molar-refractivity contribution in [1.29, 1.82) is 0 Å². The number of ether oxygens (including phenoxy) is 1. The highest BCUT2D eigenvalue weighted by atomic mass is 16.5. The first-order valence-electron chi connectivity index (χ1n) is 20.6. The Morgan fingerprint density at radius 1 is 1.00 bits per heavy atom. The first kappa shape index (κ1) is 41.1. The van der Waals surface area contributed by atoms with E-state index in [0.29, 0.717) is 31.7 Å². The highest BCUT2D eigenvalue weighted by Gasteiger charge is 2.39. The molecule has 3 aliphatic heterocycles. The van der Waals surface area contributed by atoms with Crippen LogP contribution in [-0.4, -0.2) is 93.9 Å². The molecule has 0 spiro atoms. The van der Waals surface area contributed by atoms with E-state index in [9.17, 15) is 14.4 Å². The second kappa shape index (κ2) is 18.7. The number of allylic oxidation sites excluding steroid dienone is 3. The zero-order valence-corrected chi connectivity index (χ0v) is 34.8. The summed E-state index contributed by atoms with van der Waals surface area (Å²) in [6.45, 7) is 14.4. The van der Waals surface area contributed by atoms with Gasteiger partial charge in [0.1, 0.15) is 18.4 Å². The number of hydrogen-bond donors (Lipinski definition) is 2. The maximum absolute atomic E-state index is 13.1. The summed E-state index contributed by atoms with van der Waals surface area (Å²) in [4.78, 5) is 47.9. The molecule has 0 saturated carbocycles. The van der Waals surface area contributed by atoms with Crippen molar-refractivity contribution in [3.05, 3.63) is 118 Å². The molecule has 0 aliphatic carbocycles. The molecular formula is C46H55N9O4. The molecular weight excluding hydrogens is 743 g/mol. The van der Waals surface area contributed by atoms with Gasteiger partial charge in [0, 0.05) is 88.0 Å². The smallest absolute Gasteiger partial charge is 0.255 e. The van der Waals surface area contributed by atoms with Gasteiger partial charge in [0.15, 0.2) is 11.6 Å². The van der Waals surface area contributed by atoms with Crippen LogP contribution in [0, 0.1) is 0 Å². The van der Waals surface area contributed by atoms with Crippen molar-refractivity contribution in [3.63, 3.8) is 0 Å². The second-order valence-electron chi connectivity index (χ2n) is 15.7. The third-order valence-electron chi connectivity index (χ3n) is 11.7. The van der Waals surface area contributed by atoms with Gasteiger partial charge in [-0.3, -0.25) is 29.6 Å². The number of amides is 3. The SMILES string of the molecule is CC/C(C)=C/N=C/C=C(\C)c1nnc(CNc2cccc([C@H](C)c3ccc(OCCN4CCN(c5ccc6c(c5)CN(C5CCC(=O)NC5=O)C6=O)CC4)cc3)c2)n1C. The predicted octanol–water partition coefficient (Wildman–Crippen LogP) is 6.33. The summed E-state index contributed by atoms with van der Waals surface area (Å²) in [6.07, 6.45) is 7.24. The summed E-state index contributed by atoms with van der Waals surface area (Å²) in [5, 5.41) is 14.8. The molecule has 3 amide bonds. The number of fused-ring (bicyclic) bond motifs is 1. The van der Waals surface area contributed by atoms with Crippen molar-refractivity contribution < 1.29 is 19.1 Å². The average molecular weight is 798 g/mol. The molecule has 13 heteroatoms. The Kier molecular flexibility index (Phi) is 13.0. The average Bonchev–Trinajstić information content (AvgIpc) is 3.79. The van der Waals surface area contributed by atoms with Crippen LogP contribution in [0.15, 0.2) is 89.6 Å². The Morgan fingerprint density at radius 3 is 2.56 bits per heavy atom. The molecule has 3 aliphatic rings. The highest BCUT2D eigenvalue weighted by molar-refractivity contribution is 6.05. The molecule has 2 saturated heterocycles. The Hall–Kier alpha value is -6.08. The molecule has 2 fully saturated rings. The summed E-state index contributed by atoms with van der Waals surface area (Å²) < 4.78 is 8.19. The minimum absolute atomic E-state index is 0.143. The number of hydrogen-bond acceptors (Lipinski definition) is 10. The van der Waals surface area contributed by atoms with Gasteiger partial charge < -0.3 is 24.4 Å². The Morgan fingerprint density at radius 2 is 1.80 bits per heavy atom. The fourth-order valence-corrected chi connectivity index (χ4v) is 7.77. The van der Waals surface area contributed by atoms with Crippen LogP contribution in [0.2, 0.25) is 0 Å². The van der Waals surface area contributed by atoms with Gasteiger partial charge in [0.2, 0.25) is 11.8 Å². The lowest BCUT2D eigenvalue weighted by Gasteiger charge is -2.36. The molecule has 0 radical (unpaired) electrons. The maximum atomic E-state index is 13.1. The van der Waals surface area contributed by atoms with Crippen LogP contribution in [0.4, 0.5) is 11.4 Å². The molecule has 59 heavy (non-hydrogen) atoms. The molecule has 3 aromatic carbocycles. The largest absolute Gasteiger partial charge is 0.492 e. The van der Waals surface area contributed by atoms with E-state index in [1.807, 2.05) is 42.9 Å². The number of aromatic nitrogens is 3. The standard InChI is InChI=1S/C46H55N9O4/c1-6-31(2)28-47-19-18-32(3)44-51-50-42(52(44)5)29-48-37-9-7-8-35(26-37)33(4)34-10-13-39(14-11-34)59-25-24-53-20-22-54(23-21-53)38-12-15-40-36(27-38)30-55(46(40)58)41-16-17-43(56)49-45(41)57/h7-15,18-19,26-28,33,41,48H,6,16-17,20-25,29-30H2,1-5H3,(H,49,56,57)/b31-28+,32-18+,47-19+/t33-,41?/m1/s1. The zero-order chi connectivity index (χ0) is 41.5. The number of piperazine rings is 1. The number of rotatable bonds is 15. The van der Waals surface area contributed by atoms with Crippen LogP contribution in [0.1, 0.15) is 91.6 Å². The third-order valence-corrected chi connectivity index (χ3v) is 11.7. The van der Waals surface area contributed by atoms with E-state index in [1.165, 1.54) is 16.7 Å². The molecule has 7 rings (SSSR count). The van der Waals surface area contributed by atoms with Gasteiger partial charge in [-0.2, -0.15) is 0 Å². The van der Waals surface area contributed by atoms with Crippen LogP contribution >= 0.6 is 0 Å². The van der Waals surface area contributed by atoms with Crippen LogP contribution in [-0.2, 0) is 29.7 Å². The van der Waals surface area contributed by atoms with Crippen LogP contribution < -0.4 is 20.3 Å². The number of nitrogens with one attached hydrogen (secondary N) is 2. The number of anilines is 2. The van der Waals surface area contributed by atoms with Crippen molar-refractivity contribution in [2.45, 2.75) is 72.0 Å². The van der Waals surface area contributed by atoms with Crippen LogP contribution in [0.5, 0.6) is 5.75 Å². The number of imide groups is 1. The molecule has 1 aromatic heterocycles. The number of carbonyl (C=O) groups excluding carboxylic acids is 3. The Balaban J connectivity index is 0.847. The van der Waals surface area contributed by atoms with E-state index in [2.05, 4.69) is 111 Å². The molecule has 2 N–H and O–H groups in total. The molecule has 2 atom stereocenters. The van der Waals surface area contributed by atoms with Gasteiger partial charge in [-0.1, -0.05) is 43.7 Å². The number of nitrogens with zero attached hydrogens (tertiary/aromatic N) is 7. The lowest BCUT2D eigenvalue weighted by molar-refractivity contribution is -0.136. The van der Waals surface area contributed by atoms with Crippen molar-refractivity contribution in [1.82, 2.24) is 29.9 Å². The van der Waals surface area contributed by atoms with Gasteiger partial charge >= 0.3 is 0 Å². The molecule has 1 unspecified atom stereocenters. The fourth-order valence-electron chi connectivity index (χ4n) is 7.77. The van der Waals surface area contributed by atoms with Crippen LogP contribution in [0.3, 0.4) is 0 Å². The van der Waals surface area contributed by atoms with Gasteiger partial charge in [-0.25, -0.2) is 0 Å². The number of aliphatic imine (C=N–C) groups is 1. The predicted molar refractivity (Wildman–Crippen MR) is 232 cm³/mol. The highest BCUT2D eigenvalue weighted by Crippen LogP contribution is 2.31. The molecule has 13 nitrogen and oxygen atoms in total. The summed E-state index contributed by atoms with van der Waals surface area (Å²) >= 11 is 0. The van der Waals surface area contributed by atoms with E-state index in [0.717, 1.165) is 79.1 Å². The molecule has 308 valence electrons. The first-order chi connectivity index (χ1) is 28.6. The van der Waals surface area contributed by atoms with E-state index in [-0.39, 0.29) is 30.1 Å². The van der Waals surface area contributed by atoms with Gasteiger partial charge in [-0.05, 0) is 97.5 Å². The minimum atomic E-state index is -0.603. The lowest BCUT2D eigenvalue weighted by atomic mass is 9.93. The maximum Gasteiger partial charge on any atom is 0.255 e. The van der Waals surface area contributed by atoms with Crippen molar-refractivity contribution in [3.8, 4) is 5.75 Å². The van der Waals surface area contributed by atoms with Gasteiger partial charge in [-0.15, -0.1) is 10.2 Å². The second-order valence-corrected chi connectivity index (χ2v) is 15.7. The Labute approximate surface area is 346 Å². The fraction of sp³-hybridized carbons (Fsp3) is 0.391.